The molecule has 0 atom stereocenters. The molecule has 2 aromatic rings. The van der Waals surface area contributed by atoms with E-state index in [1.807, 2.05) is 0 Å². The van der Waals surface area contributed by atoms with Crippen molar-refractivity contribution in [1.29, 1.82) is 0 Å². The number of alkyl halides is 2. The number of hydrogen-bond donors (Lipinski definition) is 1. The molecule has 0 amide bonds. The summed E-state index contributed by atoms with van der Waals surface area (Å²) in [6, 6.07) is 3.97. The highest BCUT2D eigenvalue weighted by Crippen LogP contribution is 2.17. The zero-order chi connectivity index (χ0) is 10.8. The van der Waals surface area contributed by atoms with Crippen LogP contribution in [0.25, 0.3) is 10.9 Å². The van der Waals surface area contributed by atoms with Crippen molar-refractivity contribution in [3.8, 4) is 5.75 Å². The van der Waals surface area contributed by atoms with Crippen LogP contribution in [0.2, 0.25) is 0 Å². The second kappa shape index (κ2) is 3.64. The first kappa shape index (κ1) is 9.57. The van der Waals surface area contributed by atoms with E-state index in [2.05, 4.69) is 14.7 Å². The maximum atomic E-state index is 11.9. The van der Waals surface area contributed by atoms with Crippen LogP contribution in [-0.2, 0) is 0 Å². The highest BCUT2D eigenvalue weighted by Gasteiger charge is 2.06. The monoisotopic (exact) mass is 212 g/mol. The fraction of sp³-hybridized carbons (Fsp3) is 0.111. The van der Waals surface area contributed by atoms with Crippen LogP contribution in [0.15, 0.2) is 29.3 Å². The minimum atomic E-state index is -2.88. The number of aromatic nitrogens is 2. The Labute approximate surface area is 82.5 Å². The van der Waals surface area contributed by atoms with Gasteiger partial charge in [0.15, 0.2) is 0 Å². The lowest BCUT2D eigenvalue weighted by atomic mass is 10.2. The van der Waals surface area contributed by atoms with Gasteiger partial charge in [0, 0.05) is 6.07 Å². The lowest BCUT2D eigenvalue weighted by Gasteiger charge is -2.04. The first-order chi connectivity index (χ1) is 7.16. The van der Waals surface area contributed by atoms with Gasteiger partial charge >= 0.3 is 6.61 Å². The van der Waals surface area contributed by atoms with Gasteiger partial charge in [-0.15, -0.1) is 0 Å². The maximum Gasteiger partial charge on any atom is 0.387 e. The third-order valence-electron chi connectivity index (χ3n) is 1.84. The molecule has 0 radical (unpaired) electrons. The summed E-state index contributed by atoms with van der Waals surface area (Å²) in [5.41, 5.74) is 0.000460. The van der Waals surface area contributed by atoms with Crippen molar-refractivity contribution in [2.45, 2.75) is 6.61 Å². The Hall–Kier alpha value is -1.98. The van der Waals surface area contributed by atoms with Gasteiger partial charge in [-0.2, -0.15) is 8.78 Å². The Balaban J connectivity index is 2.52. The SMILES string of the molecule is O=c1[nH]cnc2cc(OC(F)F)ccc12. The molecule has 1 aromatic carbocycles. The summed E-state index contributed by atoms with van der Waals surface area (Å²) in [5.74, 6) is -0.0180. The van der Waals surface area contributed by atoms with E-state index in [9.17, 15) is 13.6 Å². The van der Waals surface area contributed by atoms with Crippen LogP contribution in [0, 0.1) is 0 Å². The standard InChI is InChI=1S/C9H6F2N2O2/c10-9(11)15-5-1-2-6-7(3-5)12-4-13-8(6)14/h1-4,9H,(H,12,13,14). The molecule has 1 N–H and O–H groups in total. The van der Waals surface area contributed by atoms with Crippen LogP contribution in [-0.4, -0.2) is 16.6 Å². The number of aromatic amines is 1. The van der Waals surface area contributed by atoms with Crippen LogP contribution >= 0.6 is 0 Å². The van der Waals surface area contributed by atoms with Crippen molar-refractivity contribution in [1.82, 2.24) is 9.97 Å². The molecule has 78 valence electrons. The minimum absolute atomic E-state index is 0.0180. The summed E-state index contributed by atoms with van der Waals surface area (Å²) in [5, 5.41) is 0.333. The number of nitrogens with one attached hydrogen (secondary N) is 1. The Bertz CT molecular complexity index is 539. The van der Waals surface area contributed by atoms with Crippen LogP contribution in [0.1, 0.15) is 0 Å². The van der Waals surface area contributed by atoms with E-state index < -0.39 is 6.61 Å². The molecule has 0 aliphatic rings. The quantitative estimate of drug-likeness (QED) is 0.821. The first-order valence-corrected chi connectivity index (χ1v) is 4.09. The number of ether oxygens (including phenoxy) is 1. The molecule has 0 saturated heterocycles. The number of halogens is 2. The predicted octanol–water partition coefficient (Wildman–Crippen LogP) is 1.52. The van der Waals surface area contributed by atoms with E-state index in [1.165, 1.54) is 24.5 Å². The number of benzene rings is 1. The van der Waals surface area contributed by atoms with Gasteiger partial charge in [0.25, 0.3) is 5.56 Å². The van der Waals surface area contributed by atoms with Crippen LogP contribution < -0.4 is 10.3 Å². The lowest BCUT2D eigenvalue weighted by molar-refractivity contribution is -0.0497. The number of nitrogens with zero attached hydrogens (tertiary/aromatic N) is 1. The topological polar surface area (TPSA) is 55.0 Å². The summed E-state index contributed by atoms with van der Waals surface area (Å²) in [6.45, 7) is -2.88. The van der Waals surface area contributed by atoms with Gasteiger partial charge in [0.2, 0.25) is 0 Å². The molecule has 15 heavy (non-hydrogen) atoms. The molecular formula is C9H6F2N2O2. The summed E-state index contributed by atoms with van der Waals surface area (Å²) in [4.78, 5) is 17.4. The Morgan fingerprint density at radius 1 is 1.40 bits per heavy atom. The van der Waals surface area contributed by atoms with Gasteiger partial charge in [-0.05, 0) is 12.1 Å². The summed E-state index contributed by atoms with van der Waals surface area (Å²) in [6.07, 6.45) is 1.21. The van der Waals surface area contributed by atoms with Crippen LogP contribution in [0.4, 0.5) is 8.78 Å². The Kier molecular flexibility index (Phi) is 2.32. The van der Waals surface area contributed by atoms with Crippen LogP contribution in [0.5, 0.6) is 5.75 Å². The molecule has 2 rings (SSSR count). The first-order valence-electron chi connectivity index (χ1n) is 4.09. The maximum absolute atomic E-state index is 11.9. The molecule has 0 spiro atoms. The fourth-order valence-corrected chi connectivity index (χ4v) is 1.22. The smallest absolute Gasteiger partial charge is 0.387 e. The molecule has 6 heteroatoms. The molecule has 0 unspecified atom stereocenters. The average Bonchev–Trinajstić information content (AvgIpc) is 2.17. The van der Waals surface area contributed by atoms with Gasteiger partial charge < -0.3 is 9.72 Å². The molecule has 4 nitrogen and oxygen atoms in total. The van der Waals surface area contributed by atoms with Crippen molar-refractivity contribution in [2.75, 3.05) is 0 Å². The van der Waals surface area contributed by atoms with Gasteiger partial charge in [-0.3, -0.25) is 4.79 Å². The zero-order valence-electron chi connectivity index (χ0n) is 7.41. The van der Waals surface area contributed by atoms with Gasteiger partial charge in [0.1, 0.15) is 5.75 Å². The van der Waals surface area contributed by atoms with Crippen molar-refractivity contribution in [2.24, 2.45) is 0 Å². The molecule has 0 aliphatic carbocycles. The number of fused-ring (bicyclic) bond motifs is 1. The van der Waals surface area contributed by atoms with Crippen molar-refractivity contribution in [3.05, 3.63) is 34.9 Å². The number of H-pyrrole nitrogens is 1. The number of hydrogen-bond acceptors (Lipinski definition) is 3. The highest BCUT2D eigenvalue weighted by molar-refractivity contribution is 5.78. The minimum Gasteiger partial charge on any atom is -0.435 e. The Morgan fingerprint density at radius 3 is 2.93 bits per heavy atom. The van der Waals surface area contributed by atoms with Gasteiger partial charge in [-0.25, -0.2) is 4.98 Å². The van der Waals surface area contributed by atoms with E-state index >= 15 is 0 Å². The highest BCUT2D eigenvalue weighted by atomic mass is 19.3. The van der Waals surface area contributed by atoms with E-state index in [0.717, 1.165) is 0 Å². The van der Waals surface area contributed by atoms with E-state index in [4.69, 9.17) is 0 Å². The second-order valence-corrected chi connectivity index (χ2v) is 2.79. The average molecular weight is 212 g/mol. The Morgan fingerprint density at radius 2 is 2.20 bits per heavy atom. The van der Waals surface area contributed by atoms with Crippen molar-refractivity contribution in [3.63, 3.8) is 0 Å². The van der Waals surface area contributed by atoms with E-state index in [1.54, 1.807) is 0 Å². The number of rotatable bonds is 2. The fourth-order valence-electron chi connectivity index (χ4n) is 1.22. The zero-order valence-corrected chi connectivity index (χ0v) is 7.41. The summed E-state index contributed by atoms with van der Waals surface area (Å²) in [7, 11) is 0. The van der Waals surface area contributed by atoms with E-state index in [0.29, 0.717) is 10.9 Å². The van der Waals surface area contributed by atoms with Gasteiger partial charge in [-0.1, -0.05) is 0 Å². The third kappa shape index (κ3) is 1.93. The van der Waals surface area contributed by atoms with Crippen molar-refractivity contribution < 1.29 is 13.5 Å². The van der Waals surface area contributed by atoms with Gasteiger partial charge in [0.05, 0.1) is 17.2 Å². The summed E-state index contributed by atoms with van der Waals surface area (Å²) >= 11 is 0. The molecule has 0 bridgehead atoms. The molecule has 1 heterocycles. The largest absolute Gasteiger partial charge is 0.435 e. The molecule has 0 saturated carbocycles. The molecule has 0 fully saturated rings. The molecule has 1 aromatic heterocycles. The molecule has 0 aliphatic heterocycles. The van der Waals surface area contributed by atoms with Crippen LogP contribution in [0.3, 0.4) is 0 Å². The molecular weight excluding hydrogens is 206 g/mol. The predicted molar refractivity (Wildman–Crippen MR) is 49.0 cm³/mol. The van der Waals surface area contributed by atoms with E-state index in [-0.39, 0.29) is 11.3 Å². The normalized spacial score (nSPS) is 10.9. The van der Waals surface area contributed by atoms with Crippen molar-refractivity contribution >= 4 is 10.9 Å². The third-order valence-corrected chi connectivity index (χ3v) is 1.84. The second-order valence-electron chi connectivity index (χ2n) is 2.79. The summed E-state index contributed by atoms with van der Waals surface area (Å²) < 4.78 is 28.0. The lowest BCUT2D eigenvalue weighted by Crippen LogP contribution is -2.07.